The van der Waals surface area contributed by atoms with Gasteiger partial charge in [-0.05, 0) is 12.8 Å². The smallest absolute Gasteiger partial charge is 0.242 e. The molecule has 2 amide bonds. The zero-order valence-corrected chi connectivity index (χ0v) is 9.89. The molecule has 0 rings (SSSR count). The lowest BCUT2D eigenvalue weighted by Gasteiger charge is -2.18. The van der Waals surface area contributed by atoms with Gasteiger partial charge in [-0.2, -0.15) is 12.6 Å². The van der Waals surface area contributed by atoms with Gasteiger partial charge in [-0.15, -0.1) is 0 Å². The molecule has 2 unspecified atom stereocenters. The van der Waals surface area contributed by atoms with E-state index in [2.05, 4.69) is 23.3 Å². The summed E-state index contributed by atoms with van der Waals surface area (Å²) in [6.07, 6.45) is 0. The molecule has 5 heteroatoms. The molecule has 4 nitrogen and oxygen atoms in total. The van der Waals surface area contributed by atoms with Crippen molar-refractivity contribution in [3.05, 3.63) is 0 Å². The van der Waals surface area contributed by atoms with Crippen molar-refractivity contribution >= 4 is 24.4 Å². The summed E-state index contributed by atoms with van der Waals surface area (Å²) in [5.41, 5.74) is 0. The summed E-state index contributed by atoms with van der Waals surface area (Å²) in [5, 5.41) is 4.67. The maximum Gasteiger partial charge on any atom is 0.242 e. The standard InChI is InChI=1S/C9H18N2O2S/c1-5(2)7(14)9(13)11-6(3)8(12)10-4/h5-7,14H,1-4H3,(H,10,12)(H,11,13). The Morgan fingerprint density at radius 1 is 1.14 bits per heavy atom. The van der Waals surface area contributed by atoms with Crippen molar-refractivity contribution in [1.82, 2.24) is 10.6 Å². The summed E-state index contributed by atoms with van der Waals surface area (Å²) in [5.74, 6) is -0.266. The summed E-state index contributed by atoms with van der Waals surface area (Å²) < 4.78 is 0. The molecule has 0 heterocycles. The summed E-state index contributed by atoms with van der Waals surface area (Å²) in [6, 6.07) is -0.513. The largest absolute Gasteiger partial charge is 0.357 e. The molecule has 2 atom stereocenters. The summed E-state index contributed by atoms with van der Waals surface area (Å²) in [4.78, 5) is 22.5. The molecule has 0 aliphatic heterocycles. The fraction of sp³-hybridized carbons (Fsp3) is 0.778. The van der Waals surface area contributed by atoms with Crippen molar-refractivity contribution in [3.8, 4) is 0 Å². The molecule has 0 aromatic heterocycles. The first-order chi connectivity index (χ1) is 6.40. The summed E-state index contributed by atoms with van der Waals surface area (Å²) in [7, 11) is 1.53. The van der Waals surface area contributed by atoms with E-state index in [4.69, 9.17) is 0 Å². The molecule has 0 aliphatic rings. The van der Waals surface area contributed by atoms with Gasteiger partial charge < -0.3 is 10.6 Å². The van der Waals surface area contributed by atoms with Gasteiger partial charge in [0.25, 0.3) is 0 Å². The monoisotopic (exact) mass is 218 g/mol. The maximum absolute atomic E-state index is 11.4. The van der Waals surface area contributed by atoms with Crippen LogP contribution in [0.15, 0.2) is 0 Å². The minimum atomic E-state index is -0.513. The Kier molecular flexibility index (Phi) is 5.60. The highest BCUT2D eigenvalue weighted by Crippen LogP contribution is 2.08. The molecule has 0 aliphatic carbocycles. The van der Waals surface area contributed by atoms with Gasteiger partial charge in [-0.3, -0.25) is 9.59 Å². The number of rotatable bonds is 4. The fourth-order valence-electron chi connectivity index (χ4n) is 0.884. The molecule has 2 N–H and O–H groups in total. The Morgan fingerprint density at radius 2 is 1.64 bits per heavy atom. The van der Waals surface area contributed by atoms with Crippen LogP contribution < -0.4 is 10.6 Å². The molecule has 0 bridgehead atoms. The molecule has 0 aromatic carbocycles. The molecule has 0 aromatic rings. The van der Waals surface area contributed by atoms with E-state index in [1.54, 1.807) is 6.92 Å². The molecule has 0 saturated heterocycles. The van der Waals surface area contributed by atoms with E-state index in [9.17, 15) is 9.59 Å². The van der Waals surface area contributed by atoms with Crippen molar-refractivity contribution < 1.29 is 9.59 Å². The second-order valence-corrected chi connectivity index (χ2v) is 4.09. The topological polar surface area (TPSA) is 58.2 Å². The Balaban J connectivity index is 4.12. The lowest BCUT2D eigenvalue weighted by Crippen LogP contribution is -2.47. The van der Waals surface area contributed by atoms with Crippen molar-refractivity contribution in [2.45, 2.75) is 32.1 Å². The number of amides is 2. The van der Waals surface area contributed by atoms with Gasteiger partial charge in [0.15, 0.2) is 0 Å². The third kappa shape index (κ3) is 4.00. The van der Waals surface area contributed by atoms with E-state index in [-0.39, 0.29) is 23.0 Å². The number of hydrogen-bond acceptors (Lipinski definition) is 3. The Hall–Kier alpha value is -0.710. The average molecular weight is 218 g/mol. The normalized spacial score (nSPS) is 14.7. The molecule has 82 valence electrons. The van der Waals surface area contributed by atoms with Crippen LogP contribution in [0.25, 0.3) is 0 Å². The summed E-state index contributed by atoms with van der Waals surface area (Å²) >= 11 is 4.15. The number of carbonyl (C=O) groups excluding carboxylic acids is 2. The van der Waals surface area contributed by atoms with E-state index in [0.717, 1.165) is 0 Å². The van der Waals surface area contributed by atoms with Crippen molar-refractivity contribution in [2.24, 2.45) is 5.92 Å². The van der Waals surface area contributed by atoms with E-state index in [1.807, 2.05) is 13.8 Å². The van der Waals surface area contributed by atoms with Crippen LogP contribution in [0, 0.1) is 5.92 Å². The number of likely N-dealkylation sites (N-methyl/N-ethyl adjacent to an activating group) is 1. The van der Waals surface area contributed by atoms with Gasteiger partial charge in [-0.25, -0.2) is 0 Å². The fourth-order valence-corrected chi connectivity index (χ4v) is 0.958. The van der Waals surface area contributed by atoms with E-state index < -0.39 is 6.04 Å². The summed E-state index contributed by atoms with van der Waals surface area (Å²) in [6.45, 7) is 5.45. The first-order valence-electron chi connectivity index (χ1n) is 4.60. The van der Waals surface area contributed by atoms with Crippen molar-refractivity contribution in [1.29, 1.82) is 0 Å². The van der Waals surface area contributed by atoms with Crippen LogP contribution in [0.3, 0.4) is 0 Å². The quantitative estimate of drug-likeness (QED) is 0.590. The van der Waals surface area contributed by atoms with Crippen LogP contribution in [0.2, 0.25) is 0 Å². The zero-order valence-electron chi connectivity index (χ0n) is 9.00. The van der Waals surface area contributed by atoms with Crippen LogP contribution in [-0.4, -0.2) is 30.2 Å². The van der Waals surface area contributed by atoms with Gasteiger partial charge in [0.05, 0.1) is 5.25 Å². The SMILES string of the molecule is CNC(=O)C(C)NC(=O)C(S)C(C)C. The highest BCUT2D eigenvalue weighted by atomic mass is 32.1. The lowest BCUT2D eigenvalue weighted by atomic mass is 10.1. The van der Waals surface area contributed by atoms with Crippen LogP contribution in [0.1, 0.15) is 20.8 Å². The highest BCUT2D eigenvalue weighted by molar-refractivity contribution is 7.81. The van der Waals surface area contributed by atoms with E-state index in [1.165, 1.54) is 7.05 Å². The van der Waals surface area contributed by atoms with Crippen LogP contribution in [0.5, 0.6) is 0 Å². The van der Waals surface area contributed by atoms with E-state index in [0.29, 0.717) is 0 Å². The van der Waals surface area contributed by atoms with Crippen LogP contribution >= 0.6 is 12.6 Å². The van der Waals surface area contributed by atoms with Gasteiger partial charge in [0.2, 0.25) is 11.8 Å². The predicted octanol–water partition coefficient (Wildman–Crippen LogP) is 0.191. The minimum absolute atomic E-state index is 0.148. The number of nitrogens with one attached hydrogen (secondary N) is 2. The van der Waals surface area contributed by atoms with Crippen molar-refractivity contribution in [2.75, 3.05) is 7.05 Å². The Labute approximate surface area is 90.2 Å². The first kappa shape index (κ1) is 13.3. The lowest BCUT2D eigenvalue weighted by molar-refractivity contribution is -0.128. The number of hydrogen-bond donors (Lipinski definition) is 3. The Bertz CT molecular complexity index is 219. The van der Waals surface area contributed by atoms with Gasteiger partial charge in [0, 0.05) is 7.05 Å². The van der Waals surface area contributed by atoms with Gasteiger partial charge in [-0.1, -0.05) is 13.8 Å². The molecule has 0 radical (unpaired) electrons. The average Bonchev–Trinajstić information content (AvgIpc) is 2.14. The molecular weight excluding hydrogens is 200 g/mol. The van der Waals surface area contributed by atoms with E-state index >= 15 is 0 Å². The number of carbonyl (C=O) groups is 2. The maximum atomic E-state index is 11.4. The van der Waals surface area contributed by atoms with Crippen LogP contribution in [-0.2, 0) is 9.59 Å². The van der Waals surface area contributed by atoms with Crippen molar-refractivity contribution in [3.63, 3.8) is 0 Å². The first-order valence-corrected chi connectivity index (χ1v) is 5.11. The zero-order chi connectivity index (χ0) is 11.3. The third-order valence-electron chi connectivity index (χ3n) is 1.90. The third-order valence-corrected chi connectivity index (χ3v) is 2.73. The molecule has 14 heavy (non-hydrogen) atoms. The molecule has 0 fully saturated rings. The van der Waals surface area contributed by atoms with Gasteiger partial charge >= 0.3 is 0 Å². The molecule has 0 spiro atoms. The predicted molar refractivity (Wildman–Crippen MR) is 59.3 cm³/mol. The van der Waals surface area contributed by atoms with Gasteiger partial charge in [0.1, 0.15) is 6.04 Å². The second-order valence-electron chi connectivity index (χ2n) is 3.53. The second kappa shape index (κ2) is 5.90. The minimum Gasteiger partial charge on any atom is -0.357 e. The highest BCUT2D eigenvalue weighted by Gasteiger charge is 2.21. The number of thiol groups is 1. The van der Waals surface area contributed by atoms with Crippen LogP contribution in [0.4, 0.5) is 0 Å². The molecular formula is C9H18N2O2S. The Morgan fingerprint density at radius 3 is 2.00 bits per heavy atom. The molecule has 0 saturated carbocycles.